The molecule has 0 bridgehead atoms. The van der Waals surface area contributed by atoms with E-state index in [-0.39, 0.29) is 18.8 Å². The molecule has 18 heteroatoms. The minimum atomic E-state index is -3.55. The van der Waals surface area contributed by atoms with Crippen LogP contribution < -0.4 is 14.8 Å². The Bertz CT molecular complexity index is 2620. The summed E-state index contributed by atoms with van der Waals surface area (Å²) in [5.74, 6) is 0.783. The van der Waals surface area contributed by atoms with Gasteiger partial charge in [0.1, 0.15) is 6.61 Å². The molecular formula is C46H55N5O9S4. The molecule has 14 nitrogen and oxygen atoms in total. The molecule has 342 valence electrons. The van der Waals surface area contributed by atoms with Gasteiger partial charge in [0.15, 0.2) is 16.6 Å². The summed E-state index contributed by atoms with van der Waals surface area (Å²) in [5.41, 5.74) is 4.41. The molecule has 1 atom stereocenters. The number of benzene rings is 4. The van der Waals surface area contributed by atoms with E-state index >= 15 is 0 Å². The standard InChI is InChI=1S/C22H21N3O6S2.C20H20N2O3S2.2C2H6.H2/c26-21(20-13-30-18-3-1-2-4-19(18)31-20)24-22-23-17(14-32-22)15-5-7-16(8-6-15)33(27,28)25-9-11-29-12-10-25;23-27(24,22-10-12-25-13-11-22)18-8-6-17(7-9-18)19-15-26-20(21-19)14-16-4-2-1-3-5-16;2*1-2;/h1-8,14,20H,9-13H2,(H,23,24,26);1-9,15H,10-14H2;2*1-2H3;1H. The maximum Gasteiger partial charge on any atom is 0.270 e. The molecule has 2 fully saturated rings. The number of fused-ring (bicyclic) bond motifs is 1. The fourth-order valence-electron chi connectivity index (χ4n) is 6.56. The summed E-state index contributed by atoms with van der Waals surface area (Å²) in [6, 6.07) is 31.0. The number of morpholine rings is 2. The fraction of sp³-hybridized carbons (Fsp3) is 0.326. The predicted molar refractivity (Wildman–Crippen MR) is 253 cm³/mol. The van der Waals surface area contributed by atoms with Crippen LogP contribution in [-0.4, -0.2) is 107 Å². The number of nitrogens with one attached hydrogen (secondary N) is 1. The van der Waals surface area contributed by atoms with E-state index in [9.17, 15) is 21.6 Å². The lowest BCUT2D eigenvalue weighted by atomic mass is 10.1. The second kappa shape index (κ2) is 23.2. The zero-order valence-electron chi connectivity index (χ0n) is 36.2. The number of nitrogens with zero attached hydrogens (tertiary/aromatic N) is 4. The van der Waals surface area contributed by atoms with Crippen LogP contribution in [0.4, 0.5) is 5.13 Å². The first kappa shape index (κ1) is 48.4. The van der Waals surface area contributed by atoms with E-state index in [0.29, 0.717) is 79.8 Å². The van der Waals surface area contributed by atoms with Gasteiger partial charge in [0.25, 0.3) is 5.91 Å². The zero-order valence-corrected chi connectivity index (χ0v) is 39.5. The molecule has 0 radical (unpaired) electrons. The minimum Gasteiger partial charge on any atom is -0.485 e. The quantitative estimate of drug-likeness (QED) is 0.140. The highest BCUT2D eigenvalue weighted by Gasteiger charge is 2.29. The van der Waals surface area contributed by atoms with E-state index in [4.69, 9.17) is 23.9 Å². The molecule has 2 saturated heterocycles. The van der Waals surface area contributed by atoms with Crippen LogP contribution >= 0.6 is 22.7 Å². The van der Waals surface area contributed by atoms with E-state index in [1.807, 2.05) is 75.5 Å². The second-order valence-electron chi connectivity index (χ2n) is 13.8. The van der Waals surface area contributed by atoms with Crippen LogP contribution in [0.2, 0.25) is 0 Å². The van der Waals surface area contributed by atoms with Crippen LogP contribution in [0.15, 0.2) is 124 Å². The van der Waals surface area contributed by atoms with Crippen molar-refractivity contribution in [3.63, 3.8) is 0 Å². The summed E-state index contributed by atoms with van der Waals surface area (Å²) in [6.07, 6.45) is 0.0200. The number of sulfonamides is 2. The number of anilines is 1. The van der Waals surface area contributed by atoms with Crippen molar-refractivity contribution in [3.8, 4) is 34.0 Å². The van der Waals surface area contributed by atoms with Gasteiger partial charge in [-0.3, -0.25) is 10.1 Å². The van der Waals surface area contributed by atoms with Crippen molar-refractivity contribution in [2.75, 3.05) is 64.5 Å². The SMILES string of the molecule is CC.CC.O=C(Nc1nc(-c2ccc(S(=O)(=O)N3CCOCC3)cc2)cs1)C1COc2ccccc2O1.O=S(=O)(c1ccc(-c2csc(Cc3ccccc3)n2)cc1)N1CCOCC1.[HH]. The Labute approximate surface area is 385 Å². The Balaban J connectivity index is 0.000000227. The monoisotopic (exact) mass is 949 g/mol. The van der Waals surface area contributed by atoms with Crippen molar-refractivity contribution in [2.45, 2.75) is 50.0 Å². The first-order valence-electron chi connectivity index (χ1n) is 21.1. The Hall–Kier alpha value is -5.05. The van der Waals surface area contributed by atoms with Crippen LogP contribution in [0.1, 0.15) is 39.7 Å². The molecule has 1 N–H and O–H groups in total. The Kier molecular flexibility index (Phi) is 17.6. The molecule has 5 heterocycles. The van der Waals surface area contributed by atoms with E-state index in [0.717, 1.165) is 28.2 Å². The van der Waals surface area contributed by atoms with Gasteiger partial charge in [-0.1, -0.05) is 94.4 Å². The van der Waals surface area contributed by atoms with Crippen molar-refractivity contribution in [2.24, 2.45) is 0 Å². The highest BCUT2D eigenvalue weighted by Crippen LogP contribution is 2.32. The number of hydrogen-bond acceptors (Lipinski definition) is 13. The number of rotatable bonds is 10. The number of carbonyl (C=O) groups is 1. The number of carbonyl (C=O) groups excluding carboxylic acids is 1. The number of ether oxygens (including phenoxy) is 4. The Morgan fingerprint density at radius 1 is 0.656 bits per heavy atom. The predicted octanol–water partition coefficient (Wildman–Crippen LogP) is 8.33. The molecule has 4 aromatic carbocycles. The zero-order chi connectivity index (χ0) is 45.5. The third-order valence-corrected chi connectivity index (χ3v) is 15.2. The molecule has 0 aliphatic carbocycles. The number of para-hydroxylation sites is 2. The summed E-state index contributed by atoms with van der Waals surface area (Å²) in [5, 5.41) is 8.04. The molecule has 3 aliphatic heterocycles. The molecule has 1 unspecified atom stereocenters. The van der Waals surface area contributed by atoms with E-state index in [1.165, 1.54) is 25.5 Å². The van der Waals surface area contributed by atoms with Crippen molar-refractivity contribution in [3.05, 3.63) is 124 Å². The van der Waals surface area contributed by atoms with Crippen LogP contribution in [0.25, 0.3) is 22.5 Å². The number of amides is 1. The van der Waals surface area contributed by atoms with Crippen LogP contribution in [0.5, 0.6) is 11.5 Å². The van der Waals surface area contributed by atoms with Gasteiger partial charge in [-0.25, -0.2) is 26.8 Å². The van der Waals surface area contributed by atoms with Gasteiger partial charge in [-0.05, 0) is 42.0 Å². The van der Waals surface area contributed by atoms with Gasteiger partial charge >= 0.3 is 0 Å². The first-order valence-corrected chi connectivity index (χ1v) is 25.8. The van der Waals surface area contributed by atoms with E-state index in [1.54, 1.807) is 65.2 Å². The second-order valence-corrected chi connectivity index (χ2v) is 19.4. The largest absolute Gasteiger partial charge is 0.485 e. The lowest BCUT2D eigenvalue weighted by Crippen LogP contribution is -2.40. The minimum absolute atomic E-state index is 0. The first-order chi connectivity index (χ1) is 31.1. The van der Waals surface area contributed by atoms with Gasteiger partial charge in [-0.2, -0.15) is 8.61 Å². The number of aromatic nitrogens is 2. The third kappa shape index (κ3) is 12.2. The van der Waals surface area contributed by atoms with Gasteiger partial charge in [0.2, 0.25) is 26.2 Å². The fourth-order valence-corrected chi connectivity index (χ4v) is 10.9. The Morgan fingerprint density at radius 2 is 1.14 bits per heavy atom. The highest BCUT2D eigenvalue weighted by atomic mass is 32.2. The normalized spacial score (nSPS) is 16.4. The summed E-state index contributed by atoms with van der Waals surface area (Å²) in [6.45, 7) is 11.3. The topological polar surface area (TPSA) is 167 Å². The lowest BCUT2D eigenvalue weighted by molar-refractivity contribution is -0.125. The van der Waals surface area contributed by atoms with Gasteiger partial charge in [-0.15, -0.1) is 22.7 Å². The molecule has 9 rings (SSSR count). The maximum absolute atomic E-state index is 12.8. The molecule has 0 spiro atoms. The highest BCUT2D eigenvalue weighted by molar-refractivity contribution is 7.89. The van der Waals surface area contributed by atoms with Crippen LogP contribution in [-0.2, 0) is 40.7 Å². The molecule has 3 aliphatic rings. The smallest absolute Gasteiger partial charge is 0.270 e. The van der Waals surface area contributed by atoms with Gasteiger partial charge in [0, 0.05) is 55.9 Å². The summed E-state index contributed by atoms with van der Waals surface area (Å²) < 4.78 is 75.6. The molecule has 0 saturated carbocycles. The molecule has 1 amide bonds. The number of thiazole rings is 2. The summed E-state index contributed by atoms with van der Waals surface area (Å²) in [4.78, 5) is 22.3. The maximum atomic E-state index is 12.8. The lowest BCUT2D eigenvalue weighted by Gasteiger charge is -2.26. The van der Waals surface area contributed by atoms with Crippen molar-refractivity contribution < 1.29 is 42.0 Å². The number of hydrogen-bond donors (Lipinski definition) is 1. The molecular weight excluding hydrogens is 895 g/mol. The van der Waals surface area contributed by atoms with Crippen molar-refractivity contribution in [1.29, 1.82) is 0 Å². The molecule has 64 heavy (non-hydrogen) atoms. The van der Waals surface area contributed by atoms with Gasteiger partial charge in [0.05, 0.1) is 52.6 Å². The van der Waals surface area contributed by atoms with Crippen molar-refractivity contribution in [1.82, 2.24) is 18.6 Å². The average molecular weight is 950 g/mol. The van der Waals surface area contributed by atoms with Crippen LogP contribution in [0, 0.1) is 0 Å². The van der Waals surface area contributed by atoms with Crippen molar-refractivity contribution >= 4 is 53.8 Å². The average Bonchev–Trinajstić information content (AvgIpc) is 4.04. The van der Waals surface area contributed by atoms with E-state index < -0.39 is 26.2 Å². The molecule has 2 aromatic heterocycles. The summed E-state index contributed by atoms with van der Waals surface area (Å²) in [7, 11) is -7.01. The Morgan fingerprint density at radius 3 is 1.69 bits per heavy atom. The van der Waals surface area contributed by atoms with Gasteiger partial charge < -0.3 is 18.9 Å². The van der Waals surface area contributed by atoms with E-state index in [2.05, 4.69) is 22.4 Å². The molecule has 6 aromatic rings. The summed E-state index contributed by atoms with van der Waals surface area (Å²) >= 11 is 2.90. The third-order valence-electron chi connectivity index (χ3n) is 9.80. The van der Waals surface area contributed by atoms with Crippen LogP contribution in [0.3, 0.4) is 0 Å².